The van der Waals surface area contributed by atoms with E-state index in [4.69, 9.17) is 4.74 Å². The van der Waals surface area contributed by atoms with Crippen molar-refractivity contribution in [2.45, 2.75) is 18.9 Å². The summed E-state index contributed by atoms with van der Waals surface area (Å²) < 4.78 is 6.64. The Bertz CT molecular complexity index is 1150. The second-order valence-electron chi connectivity index (χ2n) is 6.79. The third kappa shape index (κ3) is 5.66. The van der Waals surface area contributed by atoms with Crippen LogP contribution in [0.25, 0.3) is 0 Å². The van der Waals surface area contributed by atoms with Gasteiger partial charge in [-0.15, -0.1) is 0 Å². The van der Waals surface area contributed by atoms with Crippen molar-refractivity contribution in [1.29, 1.82) is 0 Å². The molecular formula is C20H19N5O8. The average molecular weight is 457 g/mol. The summed E-state index contributed by atoms with van der Waals surface area (Å²) in [6.45, 7) is -0.807. The van der Waals surface area contributed by atoms with Crippen LogP contribution in [0.2, 0.25) is 0 Å². The molecule has 0 aliphatic carbocycles. The molecule has 33 heavy (non-hydrogen) atoms. The summed E-state index contributed by atoms with van der Waals surface area (Å²) in [5, 5.41) is 48.3. The minimum Gasteiger partial charge on any atom is -0.464 e. The zero-order chi connectivity index (χ0) is 24.0. The highest BCUT2D eigenvalue weighted by Crippen LogP contribution is 2.26. The predicted octanol–water partition coefficient (Wildman–Crippen LogP) is 1.56. The highest BCUT2D eigenvalue weighted by atomic mass is 16.6. The van der Waals surface area contributed by atoms with Gasteiger partial charge in [0.2, 0.25) is 0 Å². The molecule has 0 radical (unpaired) electrons. The Morgan fingerprint density at radius 1 is 1.09 bits per heavy atom. The van der Waals surface area contributed by atoms with Gasteiger partial charge in [0.15, 0.2) is 12.5 Å². The Labute approximate surface area is 186 Å². The minimum atomic E-state index is -1.33. The van der Waals surface area contributed by atoms with Crippen LogP contribution >= 0.6 is 0 Å². The average Bonchev–Trinajstić information content (AvgIpc) is 3.30. The van der Waals surface area contributed by atoms with Gasteiger partial charge in [0.1, 0.15) is 11.8 Å². The van der Waals surface area contributed by atoms with Gasteiger partial charge in [-0.1, -0.05) is 12.1 Å². The Kier molecular flexibility index (Phi) is 7.27. The number of aromatic nitrogens is 2. The quantitative estimate of drug-likeness (QED) is 0.300. The molecule has 3 rings (SSSR count). The van der Waals surface area contributed by atoms with Crippen molar-refractivity contribution < 1.29 is 29.6 Å². The van der Waals surface area contributed by atoms with Crippen molar-refractivity contribution in [3.8, 4) is 5.75 Å². The number of hydrogen-bond acceptors (Lipinski definition) is 9. The van der Waals surface area contributed by atoms with Crippen LogP contribution in [0.3, 0.4) is 0 Å². The highest BCUT2D eigenvalue weighted by Gasteiger charge is 2.24. The van der Waals surface area contributed by atoms with Crippen LogP contribution in [0.4, 0.5) is 11.4 Å². The van der Waals surface area contributed by atoms with E-state index in [0.29, 0.717) is 0 Å². The van der Waals surface area contributed by atoms with E-state index in [9.17, 15) is 35.2 Å². The first kappa shape index (κ1) is 23.3. The number of carbonyl (C=O) groups is 1. The summed E-state index contributed by atoms with van der Waals surface area (Å²) in [7, 11) is 0. The first-order valence-electron chi connectivity index (χ1n) is 9.54. The van der Waals surface area contributed by atoms with Crippen molar-refractivity contribution in [1.82, 2.24) is 15.1 Å². The van der Waals surface area contributed by atoms with E-state index < -0.39 is 34.5 Å². The summed E-state index contributed by atoms with van der Waals surface area (Å²) in [6, 6.07) is 11.1. The molecule has 172 valence electrons. The monoisotopic (exact) mass is 457 g/mol. The molecule has 1 amide bonds. The number of ether oxygens (including phenoxy) is 1. The number of nitrogens with one attached hydrogen (secondary N) is 1. The molecule has 2 aromatic carbocycles. The van der Waals surface area contributed by atoms with Crippen molar-refractivity contribution in [3.05, 3.63) is 92.3 Å². The maximum atomic E-state index is 12.5. The first-order chi connectivity index (χ1) is 15.8. The topological polar surface area (TPSA) is 183 Å². The molecule has 3 N–H and O–H groups in total. The normalized spacial score (nSPS) is 12.5. The Morgan fingerprint density at radius 3 is 2.42 bits per heavy atom. The summed E-state index contributed by atoms with van der Waals surface area (Å²) in [5.74, 6) is -0.657. The van der Waals surface area contributed by atoms with Gasteiger partial charge in [0, 0.05) is 24.4 Å². The molecule has 13 heteroatoms. The van der Waals surface area contributed by atoms with Crippen molar-refractivity contribution in [2.24, 2.45) is 0 Å². The molecule has 0 saturated heterocycles. The molecule has 0 saturated carbocycles. The van der Waals surface area contributed by atoms with Crippen LogP contribution < -0.4 is 10.1 Å². The molecule has 0 fully saturated rings. The fourth-order valence-electron chi connectivity index (χ4n) is 2.91. The third-order valence-corrected chi connectivity index (χ3v) is 4.63. The number of hydrogen-bond donors (Lipinski definition) is 3. The molecule has 1 heterocycles. The number of amides is 1. The van der Waals surface area contributed by atoms with Gasteiger partial charge >= 0.3 is 5.69 Å². The van der Waals surface area contributed by atoms with Gasteiger partial charge in [-0.2, -0.15) is 5.10 Å². The van der Waals surface area contributed by atoms with Crippen LogP contribution in [0, 0.1) is 20.2 Å². The van der Waals surface area contributed by atoms with Gasteiger partial charge < -0.3 is 20.3 Å². The zero-order valence-corrected chi connectivity index (χ0v) is 17.0. The lowest BCUT2D eigenvalue weighted by molar-refractivity contribution is -0.386. The van der Waals surface area contributed by atoms with Crippen molar-refractivity contribution >= 4 is 17.3 Å². The maximum Gasteiger partial charge on any atom is 0.311 e. The predicted molar refractivity (Wildman–Crippen MR) is 112 cm³/mol. The van der Waals surface area contributed by atoms with Crippen LogP contribution in [-0.2, 0) is 6.73 Å². The largest absolute Gasteiger partial charge is 0.464 e. The van der Waals surface area contributed by atoms with E-state index in [1.54, 1.807) is 6.07 Å². The number of nitro groups is 2. The standard InChI is InChI=1S/C20H19N5O8/c26-11-16(19(27)13-5-7-14(8-6-13)24(29)30)21-20(28)15-9-10-23(22-15)12-33-18-4-2-1-3-17(18)25(31)32/h1-10,16,19,26-27H,11-12H2,(H,21,28). The lowest BCUT2D eigenvalue weighted by Gasteiger charge is -2.22. The first-order valence-corrected chi connectivity index (χ1v) is 9.54. The summed E-state index contributed by atoms with van der Waals surface area (Å²) in [5.41, 5.74) is -0.156. The van der Waals surface area contributed by atoms with E-state index in [1.165, 1.54) is 59.4 Å². The van der Waals surface area contributed by atoms with Crippen LogP contribution in [0.1, 0.15) is 22.2 Å². The Hall–Kier alpha value is -4.36. The fraction of sp³-hybridized carbons (Fsp3) is 0.200. The van der Waals surface area contributed by atoms with Gasteiger partial charge in [-0.05, 0) is 29.8 Å². The number of rotatable bonds is 10. The van der Waals surface area contributed by atoms with Gasteiger partial charge in [0.25, 0.3) is 11.6 Å². The van der Waals surface area contributed by atoms with Crippen LogP contribution in [0.5, 0.6) is 5.75 Å². The van der Waals surface area contributed by atoms with Crippen molar-refractivity contribution in [3.63, 3.8) is 0 Å². The molecular weight excluding hydrogens is 438 g/mol. The number of non-ortho nitro benzene ring substituents is 1. The molecule has 0 aliphatic rings. The van der Waals surface area contributed by atoms with E-state index in [-0.39, 0.29) is 35.1 Å². The van der Waals surface area contributed by atoms with Crippen LogP contribution in [-0.4, -0.2) is 48.4 Å². The lowest BCUT2D eigenvalue weighted by atomic mass is 10.0. The number of para-hydroxylation sites is 2. The van der Waals surface area contributed by atoms with E-state index in [0.717, 1.165) is 0 Å². The minimum absolute atomic E-state index is 0.0376. The number of benzene rings is 2. The molecule has 2 unspecified atom stereocenters. The Morgan fingerprint density at radius 2 is 1.79 bits per heavy atom. The third-order valence-electron chi connectivity index (χ3n) is 4.63. The van der Waals surface area contributed by atoms with E-state index in [1.807, 2.05) is 0 Å². The van der Waals surface area contributed by atoms with Gasteiger partial charge in [-0.3, -0.25) is 25.0 Å². The Balaban J connectivity index is 1.63. The molecule has 13 nitrogen and oxygen atoms in total. The summed E-state index contributed by atoms with van der Waals surface area (Å²) in [6.07, 6.45) is 0.0912. The second kappa shape index (κ2) is 10.3. The second-order valence-corrected chi connectivity index (χ2v) is 6.79. The lowest BCUT2D eigenvalue weighted by Crippen LogP contribution is -2.42. The molecule has 2 atom stereocenters. The molecule has 0 spiro atoms. The number of nitro benzene ring substituents is 2. The SMILES string of the molecule is O=C(NC(CO)C(O)c1ccc([N+](=O)[O-])cc1)c1ccn(COc2ccccc2[N+](=O)[O-])n1. The van der Waals surface area contributed by atoms with Crippen LogP contribution in [0.15, 0.2) is 60.8 Å². The number of aliphatic hydroxyl groups is 2. The molecule has 3 aromatic rings. The van der Waals surface area contributed by atoms with Gasteiger partial charge in [0.05, 0.1) is 22.5 Å². The molecule has 0 aliphatic heterocycles. The van der Waals surface area contributed by atoms with E-state index >= 15 is 0 Å². The number of nitrogens with zero attached hydrogens (tertiary/aromatic N) is 4. The highest BCUT2D eigenvalue weighted by molar-refractivity contribution is 5.92. The van der Waals surface area contributed by atoms with Crippen molar-refractivity contribution in [2.75, 3.05) is 6.61 Å². The van der Waals surface area contributed by atoms with Gasteiger partial charge in [-0.25, -0.2) is 4.68 Å². The fourth-order valence-corrected chi connectivity index (χ4v) is 2.91. The smallest absolute Gasteiger partial charge is 0.311 e. The summed E-state index contributed by atoms with van der Waals surface area (Å²) >= 11 is 0. The maximum absolute atomic E-state index is 12.5. The molecule has 1 aromatic heterocycles. The number of carbonyl (C=O) groups excluding carboxylic acids is 1. The summed E-state index contributed by atoms with van der Waals surface area (Å²) in [4.78, 5) is 33.1. The van der Waals surface area contributed by atoms with E-state index in [2.05, 4.69) is 10.4 Å². The molecule has 0 bridgehead atoms. The number of aliphatic hydroxyl groups excluding tert-OH is 2. The zero-order valence-electron chi connectivity index (χ0n) is 17.0.